The molecule has 1 N–H and O–H groups in total. The molecule has 1 aromatic rings. The number of aryl methyl sites for hydroxylation is 1. The Balaban J connectivity index is 2.20. The van der Waals surface area contributed by atoms with Crippen molar-refractivity contribution in [2.75, 3.05) is 11.9 Å². The summed E-state index contributed by atoms with van der Waals surface area (Å²) in [4.78, 5) is 26.7. The molecular formula is C14H16N2O2. The van der Waals surface area contributed by atoms with Gasteiger partial charge in [-0.15, -0.1) is 0 Å². The van der Waals surface area contributed by atoms with Crippen LogP contribution in [0.5, 0.6) is 0 Å². The van der Waals surface area contributed by atoms with Crippen LogP contribution in [0.4, 0.5) is 5.69 Å². The molecule has 1 unspecified atom stereocenters. The zero-order valence-corrected chi connectivity index (χ0v) is 10.6. The van der Waals surface area contributed by atoms with E-state index in [0.717, 1.165) is 18.4 Å². The van der Waals surface area contributed by atoms with E-state index in [9.17, 15) is 9.59 Å². The van der Waals surface area contributed by atoms with E-state index in [1.165, 1.54) is 0 Å². The van der Waals surface area contributed by atoms with Gasteiger partial charge in [-0.2, -0.15) is 0 Å². The fourth-order valence-corrected chi connectivity index (χ4v) is 2.97. The third kappa shape index (κ3) is 1.32. The van der Waals surface area contributed by atoms with Crippen molar-refractivity contribution in [1.82, 2.24) is 4.90 Å². The van der Waals surface area contributed by atoms with Crippen LogP contribution < -0.4 is 5.32 Å². The lowest BCUT2D eigenvalue weighted by atomic mass is 9.98. The molecule has 0 radical (unpaired) electrons. The minimum Gasteiger partial charge on any atom is -0.324 e. The van der Waals surface area contributed by atoms with Crippen LogP contribution in [0, 0.1) is 6.92 Å². The SMILES string of the molecule is Cc1cccc2c1C(=O)N1CCCC1(C)C(=O)N2. The second-order valence-electron chi connectivity index (χ2n) is 5.29. The average molecular weight is 244 g/mol. The maximum Gasteiger partial charge on any atom is 0.257 e. The predicted molar refractivity (Wildman–Crippen MR) is 68.5 cm³/mol. The minimum absolute atomic E-state index is 0.0264. The number of rotatable bonds is 0. The van der Waals surface area contributed by atoms with Crippen molar-refractivity contribution in [2.24, 2.45) is 0 Å². The molecule has 0 spiro atoms. The Morgan fingerprint density at radius 2 is 2.11 bits per heavy atom. The average Bonchev–Trinajstić information content (AvgIpc) is 2.69. The Bertz CT molecular complexity index is 553. The molecule has 2 amide bonds. The monoisotopic (exact) mass is 244 g/mol. The Morgan fingerprint density at radius 3 is 2.89 bits per heavy atom. The van der Waals surface area contributed by atoms with Gasteiger partial charge in [0.15, 0.2) is 0 Å². The van der Waals surface area contributed by atoms with Crippen LogP contribution in [0.2, 0.25) is 0 Å². The number of carbonyl (C=O) groups is 2. The minimum atomic E-state index is -0.692. The third-order valence-corrected chi connectivity index (χ3v) is 4.11. The summed E-state index contributed by atoms with van der Waals surface area (Å²) in [5.74, 6) is -0.0980. The largest absolute Gasteiger partial charge is 0.324 e. The first-order valence-electron chi connectivity index (χ1n) is 6.27. The van der Waals surface area contributed by atoms with Gasteiger partial charge in [0, 0.05) is 6.54 Å². The van der Waals surface area contributed by atoms with Gasteiger partial charge in [0.2, 0.25) is 5.91 Å². The number of carbonyl (C=O) groups excluding carboxylic acids is 2. The predicted octanol–water partition coefficient (Wildman–Crippen LogP) is 1.94. The topological polar surface area (TPSA) is 49.4 Å². The maximum absolute atomic E-state index is 12.6. The van der Waals surface area contributed by atoms with Gasteiger partial charge in [0.1, 0.15) is 5.54 Å². The van der Waals surface area contributed by atoms with E-state index in [0.29, 0.717) is 17.8 Å². The van der Waals surface area contributed by atoms with E-state index in [2.05, 4.69) is 5.32 Å². The van der Waals surface area contributed by atoms with Gasteiger partial charge in [0.05, 0.1) is 11.3 Å². The standard InChI is InChI=1S/C14H16N2O2/c1-9-5-3-6-10-11(9)12(17)16-8-4-7-14(16,2)13(18)15-10/h3,5-6H,4,7-8H2,1-2H3,(H,15,18). The van der Waals surface area contributed by atoms with E-state index < -0.39 is 5.54 Å². The number of anilines is 1. The fraction of sp³-hybridized carbons (Fsp3) is 0.429. The van der Waals surface area contributed by atoms with Gasteiger partial charge in [-0.05, 0) is 38.3 Å². The Hall–Kier alpha value is -1.84. The first-order valence-corrected chi connectivity index (χ1v) is 6.27. The molecule has 1 fully saturated rings. The molecule has 4 heteroatoms. The highest BCUT2D eigenvalue weighted by molar-refractivity contribution is 6.12. The van der Waals surface area contributed by atoms with E-state index in [-0.39, 0.29) is 11.8 Å². The summed E-state index contributed by atoms with van der Waals surface area (Å²) < 4.78 is 0. The van der Waals surface area contributed by atoms with Gasteiger partial charge >= 0.3 is 0 Å². The Labute approximate surface area is 106 Å². The summed E-state index contributed by atoms with van der Waals surface area (Å²) >= 11 is 0. The first-order chi connectivity index (χ1) is 8.54. The van der Waals surface area contributed by atoms with Crippen LogP contribution in [-0.4, -0.2) is 28.8 Å². The second-order valence-corrected chi connectivity index (χ2v) is 5.29. The number of nitrogens with zero attached hydrogens (tertiary/aromatic N) is 1. The lowest BCUT2D eigenvalue weighted by Gasteiger charge is -2.31. The molecule has 18 heavy (non-hydrogen) atoms. The third-order valence-electron chi connectivity index (χ3n) is 4.11. The molecule has 2 heterocycles. The molecule has 0 aliphatic carbocycles. The van der Waals surface area contributed by atoms with Crippen molar-refractivity contribution in [1.29, 1.82) is 0 Å². The number of nitrogens with one attached hydrogen (secondary N) is 1. The van der Waals surface area contributed by atoms with Crippen molar-refractivity contribution in [3.63, 3.8) is 0 Å². The number of benzene rings is 1. The number of amides is 2. The highest BCUT2D eigenvalue weighted by Gasteiger charge is 2.48. The first kappa shape index (κ1) is 11.3. The summed E-state index contributed by atoms with van der Waals surface area (Å²) in [6.45, 7) is 4.42. The van der Waals surface area contributed by atoms with Crippen LogP contribution in [0.3, 0.4) is 0 Å². The molecular weight excluding hydrogens is 228 g/mol. The van der Waals surface area contributed by atoms with Crippen LogP contribution in [0.15, 0.2) is 18.2 Å². The van der Waals surface area contributed by atoms with Crippen LogP contribution in [0.25, 0.3) is 0 Å². The molecule has 1 atom stereocenters. The van der Waals surface area contributed by atoms with Crippen molar-refractivity contribution < 1.29 is 9.59 Å². The quantitative estimate of drug-likeness (QED) is 0.758. The van der Waals surface area contributed by atoms with E-state index in [4.69, 9.17) is 0 Å². The molecule has 94 valence electrons. The molecule has 1 aromatic carbocycles. The zero-order valence-electron chi connectivity index (χ0n) is 10.6. The number of fused-ring (bicyclic) bond motifs is 2. The maximum atomic E-state index is 12.6. The van der Waals surface area contributed by atoms with Crippen LogP contribution >= 0.6 is 0 Å². The molecule has 2 aliphatic heterocycles. The van der Waals surface area contributed by atoms with E-state index in [1.54, 1.807) is 11.0 Å². The Morgan fingerprint density at radius 1 is 1.33 bits per heavy atom. The number of hydrogen-bond acceptors (Lipinski definition) is 2. The van der Waals surface area contributed by atoms with Crippen LogP contribution in [-0.2, 0) is 4.79 Å². The molecule has 2 aliphatic rings. The highest BCUT2D eigenvalue weighted by Crippen LogP contribution is 2.36. The summed E-state index contributed by atoms with van der Waals surface area (Å²) in [6, 6.07) is 5.56. The molecule has 0 aromatic heterocycles. The summed E-state index contributed by atoms with van der Waals surface area (Å²) in [5, 5.41) is 2.90. The van der Waals surface area contributed by atoms with Crippen molar-refractivity contribution >= 4 is 17.5 Å². The molecule has 0 bridgehead atoms. The van der Waals surface area contributed by atoms with Gasteiger partial charge in [-0.25, -0.2) is 0 Å². The molecule has 4 nitrogen and oxygen atoms in total. The van der Waals surface area contributed by atoms with E-state index in [1.807, 2.05) is 26.0 Å². The van der Waals surface area contributed by atoms with E-state index >= 15 is 0 Å². The normalized spacial score (nSPS) is 26.4. The van der Waals surface area contributed by atoms with Crippen molar-refractivity contribution in [2.45, 2.75) is 32.2 Å². The van der Waals surface area contributed by atoms with Crippen LogP contribution in [0.1, 0.15) is 35.7 Å². The fourth-order valence-electron chi connectivity index (χ4n) is 2.97. The number of hydrogen-bond donors (Lipinski definition) is 1. The summed E-state index contributed by atoms with van der Waals surface area (Å²) in [5.41, 5.74) is 1.49. The van der Waals surface area contributed by atoms with Gasteiger partial charge < -0.3 is 10.2 Å². The lowest BCUT2D eigenvalue weighted by Crippen LogP contribution is -2.51. The molecule has 0 saturated carbocycles. The van der Waals surface area contributed by atoms with Crippen molar-refractivity contribution in [3.05, 3.63) is 29.3 Å². The second kappa shape index (κ2) is 3.57. The van der Waals surface area contributed by atoms with Crippen molar-refractivity contribution in [3.8, 4) is 0 Å². The lowest BCUT2D eigenvalue weighted by molar-refractivity contribution is -0.124. The van der Waals surface area contributed by atoms with Gasteiger partial charge in [0.25, 0.3) is 5.91 Å². The highest BCUT2D eigenvalue weighted by atomic mass is 16.2. The van der Waals surface area contributed by atoms with Gasteiger partial charge in [-0.1, -0.05) is 12.1 Å². The zero-order chi connectivity index (χ0) is 12.9. The van der Waals surface area contributed by atoms with Gasteiger partial charge in [-0.3, -0.25) is 9.59 Å². The molecule has 1 saturated heterocycles. The Kier molecular flexibility index (Phi) is 2.24. The molecule has 3 rings (SSSR count). The summed E-state index contributed by atoms with van der Waals surface area (Å²) in [6.07, 6.45) is 1.62. The summed E-state index contributed by atoms with van der Waals surface area (Å²) in [7, 11) is 0. The smallest absolute Gasteiger partial charge is 0.257 e.